The van der Waals surface area contributed by atoms with Gasteiger partial charge in [0.05, 0.1) is 0 Å². The summed E-state index contributed by atoms with van der Waals surface area (Å²) >= 11 is 0. The molecule has 1 aromatic heterocycles. The average molecular weight is 162 g/mol. The molecule has 2 atom stereocenters. The molecular formula is C10H14N2. The number of rotatable bonds is 1. The zero-order chi connectivity index (χ0) is 8.55. The molecule has 2 rings (SSSR count). The van der Waals surface area contributed by atoms with Crippen LogP contribution in [-0.2, 0) is 0 Å². The molecule has 0 spiro atoms. The van der Waals surface area contributed by atoms with Crippen LogP contribution in [0.3, 0.4) is 0 Å². The van der Waals surface area contributed by atoms with Crippen molar-refractivity contribution in [3.63, 3.8) is 0 Å². The maximum Gasteiger partial charge on any atom is 0.0377 e. The van der Waals surface area contributed by atoms with Crippen LogP contribution in [0, 0.1) is 0 Å². The second-order valence-corrected chi connectivity index (χ2v) is 3.55. The molecule has 2 unspecified atom stereocenters. The van der Waals surface area contributed by atoms with E-state index in [-0.39, 0.29) is 0 Å². The minimum Gasteiger partial charge on any atom is -0.297 e. The second-order valence-electron chi connectivity index (χ2n) is 3.55. The summed E-state index contributed by atoms with van der Waals surface area (Å²) in [4.78, 5) is 6.51. The quantitative estimate of drug-likeness (QED) is 0.626. The van der Waals surface area contributed by atoms with E-state index in [9.17, 15) is 0 Å². The Morgan fingerprint density at radius 3 is 2.92 bits per heavy atom. The first-order valence-corrected chi connectivity index (χ1v) is 4.41. The summed E-state index contributed by atoms with van der Waals surface area (Å²) < 4.78 is 0. The lowest BCUT2D eigenvalue weighted by molar-refractivity contribution is 0.0557. The molecule has 0 aromatic carbocycles. The van der Waals surface area contributed by atoms with E-state index in [0.717, 1.165) is 6.04 Å². The molecule has 1 aliphatic heterocycles. The molecule has 2 heterocycles. The largest absolute Gasteiger partial charge is 0.297 e. The van der Waals surface area contributed by atoms with Crippen molar-refractivity contribution >= 4 is 0 Å². The first kappa shape index (κ1) is 7.74. The van der Waals surface area contributed by atoms with Gasteiger partial charge < -0.3 is 0 Å². The third kappa shape index (κ3) is 1.12. The molecule has 1 aliphatic rings. The van der Waals surface area contributed by atoms with E-state index >= 15 is 0 Å². The van der Waals surface area contributed by atoms with E-state index in [1.54, 1.807) is 0 Å². The zero-order valence-electron chi connectivity index (χ0n) is 7.57. The standard InChI is InChI=1S/C10H14N2/c1-8-6-10(12(8)2)9-4-3-5-11-7-9/h3-5,7-8,10H,6H2,1-2H3. The van der Waals surface area contributed by atoms with E-state index in [4.69, 9.17) is 0 Å². The number of nitrogens with zero attached hydrogens (tertiary/aromatic N) is 2. The molecule has 12 heavy (non-hydrogen) atoms. The number of hydrogen-bond donors (Lipinski definition) is 0. The van der Waals surface area contributed by atoms with E-state index in [0.29, 0.717) is 6.04 Å². The lowest BCUT2D eigenvalue weighted by Crippen LogP contribution is -2.45. The maximum absolute atomic E-state index is 4.12. The fourth-order valence-corrected chi connectivity index (χ4v) is 1.77. The van der Waals surface area contributed by atoms with E-state index in [1.807, 2.05) is 18.5 Å². The van der Waals surface area contributed by atoms with Gasteiger partial charge in [-0.3, -0.25) is 9.88 Å². The van der Waals surface area contributed by atoms with Gasteiger partial charge in [-0.15, -0.1) is 0 Å². The summed E-state index contributed by atoms with van der Waals surface area (Å²) in [5.41, 5.74) is 1.35. The molecule has 0 aliphatic carbocycles. The summed E-state index contributed by atoms with van der Waals surface area (Å²) in [6, 6.07) is 5.50. The number of pyridine rings is 1. The number of hydrogen-bond acceptors (Lipinski definition) is 2. The smallest absolute Gasteiger partial charge is 0.0377 e. The predicted octanol–water partition coefficient (Wildman–Crippen LogP) is 1.85. The predicted molar refractivity (Wildman–Crippen MR) is 48.8 cm³/mol. The lowest BCUT2D eigenvalue weighted by atomic mass is 9.90. The minimum absolute atomic E-state index is 0.605. The molecule has 0 bridgehead atoms. The lowest BCUT2D eigenvalue weighted by Gasteiger charge is -2.44. The molecule has 64 valence electrons. The molecule has 0 N–H and O–H groups in total. The highest BCUT2D eigenvalue weighted by Gasteiger charge is 2.32. The van der Waals surface area contributed by atoms with Gasteiger partial charge in [-0.1, -0.05) is 6.07 Å². The number of likely N-dealkylation sites (tertiary alicyclic amines) is 1. The van der Waals surface area contributed by atoms with Crippen molar-refractivity contribution < 1.29 is 0 Å². The van der Waals surface area contributed by atoms with E-state index in [1.165, 1.54) is 12.0 Å². The highest BCUT2D eigenvalue weighted by Crippen LogP contribution is 2.35. The Balaban J connectivity index is 2.13. The monoisotopic (exact) mass is 162 g/mol. The topological polar surface area (TPSA) is 16.1 Å². The molecule has 0 amide bonds. The van der Waals surface area contributed by atoms with Crippen LogP contribution in [0.2, 0.25) is 0 Å². The Bertz CT molecular complexity index is 258. The van der Waals surface area contributed by atoms with Crippen molar-refractivity contribution in [1.29, 1.82) is 0 Å². The third-order valence-electron chi connectivity index (χ3n) is 2.82. The first-order valence-electron chi connectivity index (χ1n) is 4.41. The fraction of sp³-hybridized carbons (Fsp3) is 0.500. The summed E-state index contributed by atoms with van der Waals surface area (Å²) in [5.74, 6) is 0. The second kappa shape index (κ2) is 2.87. The minimum atomic E-state index is 0.605. The molecule has 2 heteroatoms. The third-order valence-corrected chi connectivity index (χ3v) is 2.82. The van der Waals surface area contributed by atoms with Crippen LogP contribution in [0.15, 0.2) is 24.5 Å². The molecule has 2 nitrogen and oxygen atoms in total. The van der Waals surface area contributed by atoms with Gasteiger partial charge in [0.1, 0.15) is 0 Å². The molecule has 1 fully saturated rings. The molecular weight excluding hydrogens is 148 g/mol. The number of aromatic nitrogens is 1. The molecule has 1 saturated heterocycles. The van der Waals surface area contributed by atoms with Crippen molar-refractivity contribution in [2.45, 2.75) is 25.4 Å². The van der Waals surface area contributed by atoms with Crippen LogP contribution in [-0.4, -0.2) is 23.0 Å². The Hall–Kier alpha value is -0.890. The van der Waals surface area contributed by atoms with Crippen LogP contribution in [0.25, 0.3) is 0 Å². The van der Waals surface area contributed by atoms with Crippen LogP contribution in [0.5, 0.6) is 0 Å². The van der Waals surface area contributed by atoms with Gasteiger partial charge in [0.25, 0.3) is 0 Å². The van der Waals surface area contributed by atoms with Crippen molar-refractivity contribution in [2.24, 2.45) is 0 Å². The Morgan fingerprint density at radius 2 is 2.42 bits per heavy atom. The van der Waals surface area contributed by atoms with Crippen molar-refractivity contribution in [2.75, 3.05) is 7.05 Å². The SMILES string of the molecule is CC1CC(c2cccnc2)N1C. The summed E-state index contributed by atoms with van der Waals surface area (Å²) in [6.07, 6.45) is 5.06. The molecule has 1 aromatic rings. The normalized spacial score (nSPS) is 29.8. The summed E-state index contributed by atoms with van der Waals surface area (Å²) in [5, 5.41) is 0. The maximum atomic E-state index is 4.12. The van der Waals surface area contributed by atoms with Gasteiger partial charge in [0.15, 0.2) is 0 Å². The van der Waals surface area contributed by atoms with Crippen LogP contribution in [0.4, 0.5) is 0 Å². The van der Waals surface area contributed by atoms with Gasteiger partial charge in [-0.25, -0.2) is 0 Å². The first-order chi connectivity index (χ1) is 5.79. The van der Waals surface area contributed by atoms with Gasteiger partial charge >= 0.3 is 0 Å². The van der Waals surface area contributed by atoms with Gasteiger partial charge in [-0.05, 0) is 32.0 Å². The van der Waals surface area contributed by atoms with Crippen molar-refractivity contribution in [3.8, 4) is 0 Å². The average Bonchev–Trinajstić information content (AvgIpc) is 2.15. The highest BCUT2D eigenvalue weighted by atomic mass is 15.2. The molecule has 0 radical (unpaired) electrons. The van der Waals surface area contributed by atoms with Gasteiger partial charge in [0.2, 0.25) is 0 Å². The zero-order valence-corrected chi connectivity index (χ0v) is 7.57. The van der Waals surface area contributed by atoms with Crippen molar-refractivity contribution in [1.82, 2.24) is 9.88 Å². The molecule has 0 saturated carbocycles. The van der Waals surface area contributed by atoms with E-state index in [2.05, 4.69) is 29.9 Å². The van der Waals surface area contributed by atoms with Gasteiger partial charge in [-0.2, -0.15) is 0 Å². The summed E-state index contributed by atoms with van der Waals surface area (Å²) in [6.45, 7) is 2.26. The fourth-order valence-electron chi connectivity index (χ4n) is 1.77. The van der Waals surface area contributed by atoms with Crippen molar-refractivity contribution in [3.05, 3.63) is 30.1 Å². The summed E-state index contributed by atoms with van der Waals surface area (Å²) in [7, 11) is 2.17. The highest BCUT2D eigenvalue weighted by molar-refractivity contribution is 5.17. The van der Waals surface area contributed by atoms with Crippen LogP contribution >= 0.6 is 0 Å². The van der Waals surface area contributed by atoms with Gasteiger partial charge in [0, 0.05) is 24.5 Å². The Labute approximate surface area is 73.2 Å². The Kier molecular flexibility index (Phi) is 1.85. The van der Waals surface area contributed by atoms with E-state index < -0.39 is 0 Å². The van der Waals surface area contributed by atoms with Crippen LogP contribution < -0.4 is 0 Å². The Morgan fingerprint density at radius 1 is 1.58 bits per heavy atom. The van der Waals surface area contributed by atoms with Crippen LogP contribution in [0.1, 0.15) is 24.9 Å².